The Kier molecular flexibility index (Phi) is 7.33. The third kappa shape index (κ3) is 6.79. The van der Waals surface area contributed by atoms with Gasteiger partial charge in [-0.2, -0.15) is 0 Å². The molecule has 0 aromatic heterocycles. The van der Waals surface area contributed by atoms with Crippen molar-refractivity contribution in [2.75, 3.05) is 13.2 Å². The first-order valence-electron chi connectivity index (χ1n) is 7.79. The van der Waals surface area contributed by atoms with Gasteiger partial charge in [-0.05, 0) is 36.4 Å². The number of hydrogen-bond acceptors (Lipinski definition) is 5. The minimum Gasteiger partial charge on any atom is -0.454 e. The molecule has 0 saturated heterocycles. The number of carbonyl (C=O) groups excluding carboxylic acids is 4. The molecule has 0 fully saturated rings. The molecule has 0 bridgehead atoms. The van der Waals surface area contributed by atoms with E-state index in [-0.39, 0.29) is 0 Å². The van der Waals surface area contributed by atoms with E-state index in [9.17, 15) is 19.2 Å². The Morgan fingerprint density at radius 2 is 1.44 bits per heavy atom. The van der Waals surface area contributed by atoms with Gasteiger partial charge in [0.2, 0.25) is 0 Å². The smallest absolute Gasteiger partial charge is 0.325 e. The van der Waals surface area contributed by atoms with Crippen molar-refractivity contribution < 1.29 is 23.9 Å². The summed E-state index contributed by atoms with van der Waals surface area (Å²) >= 11 is 5.72. The highest BCUT2D eigenvalue weighted by molar-refractivity contribution is 6.30. The van der Waals surface area contributed by atoms with Crippen LogP contribution in [0.25, 0.3) is 0 Å². The minimum absolute atomic E-state index is 0.327. The maximum absolute atomic E-state index is 11.8. The molecule has 27 heavy (non-hydrogen) atoms. The highest BCUT2D eigenvalue weighted by atomic mass is 35.5. The summed E-state index contributed by atoms with van der Waals surface area (Å²) in [6.07, 6.45) is 0. The van der Waals surface area contributed by atoms with Gasteiger partial charge in [-0.15, -0.1) is 0 Å². The zero-order valence-corrected chi connectivity index (χ0v) is 14.8. The van der Waals surface area contributed by atoms with E-state index >= 15 is 0 Å². The molecule has 0 aliphatic heterocycles. The molecule has 2 aromatic rings. The maximum Gasteiger partial charge on any atom is 0.325 e. The number of esters is 1. The number of hydrazine groups is 1. The highest BCUT2D eigenvalue weighted by Gasteiger charge is 2.12. The van der Waals surface area contributed by atoms with Gasteiger partial charge in [0.25, 0.3) is 17.7 Å². The predicted octanol–water partition coefficient (Wildman–Crippen LogP) is 1.07. The molecule has 3 amide bonds. The van der Waals surface area contributed by atoms with Gasteiger partial charge in [-0.1, -0.05) is 29.8 Å². The van der Waals surface area contributed by atoms with E-state index in [1.165, 1.54) is 12.1 Å². The van der Waals surface area contributed by atoms with Crippen LogP contribution in [-0.2, 0) is 14.3 Å². The maximum atomic E-state index is 11.8. The van der Waals surface area contributed by atoms with Crippen molar-refractivity contribution in [3.63, 3.8) is 0 Å². The van der Waals surface area contributed by atoms with Crippen molar-refractivity contribution >= 4 is 35.3 Å². The first-order chi connectivity index (χ1) is 13.0. The largest absolute Gasteiger partial charge is 0.454 e. The second kappa shape index (κ2) is 9.93. The van der Waals surface area contributed by atoms with Crippen molar-refractivity contribution in [1.82, 2.24) is 16.2 Å². The van der Waals surface area contributed by atoms with Crippen LogP contribution in [0.3, 0.4) is 0 Å². The zero-order chi connectivity index (χ0) is 19.6. The van der Waals surface area contributed by atoms with Crippen molar-refractivity contribution in [1.29, 1.82) is 0 Å². The molecule has 9 heteroatoms. The number of halogens is 1. The van der Waals surface area contributed by atoms with E-state index in [0.29, 0.717) is 16.1 Å². The van der Waals surface area contributed by atoms with E-state index in [4.69, 9.17) is 16.3 Å². The van der Waals surface area contributed by atoms with E-state index in [1.54, 1.807) is 42.5 Å². The lowest BCUT2D eigenvalue weighted by Crippen LogP contribution is -2.44. The van der Waals surface area contributed by atoms with Crippen LogP contribution in [0, 0.1) is 0 Å². The average Bonchev–Trinajstić information content (AvgIpc) is 2.69. The van der Waals surface area contributed by atoms with E-state index in [2.05, 4.69) is 16.2 Å². The molecule has 2 rings (SSSR count). The van der Waals surface area contributed by atoms with Gasteiger partial charge in [0.15, 0.2) is 6.61 Å². The topological polar surface area (TPSA) is 114 Å². The van der Waals surface area contributed by atoms with Crippen LogP contribution >= 0.6 is 11.6 Å². The number of carbonyl (C=O) groups is 4. The second-order valence-corrected chi connectivity index (χ2v) is 5.66. The number of benzene rings is 2. The normalized spacial score (nSPS) is 9.81. The molecular weight excluding hydrogens is 374 g/mol. The van der Waals surface area contributed by atoms with Gasteiger partial charge < -0.3 is 10.1 Å². The van der Waals surface area contributed by atoms with E-state index in [1.807, 2.05) is 0 Å². The molecule has 0 atom stereocenters. The molecule has 2 aromatic carbocycles. The molecule has 0 saturated carbocycles. The Bertz CT molecular complexity index is 825. The van der Waals surface area contributed by atoms with Crippen LogP contribution in [0.2, 0.25) is 5.02 Å². The molecule has 0 radical (unpaired) electrons. The van der Waals surface area contributed by atoms with Crippen molar-refractivity contribution in [2.45, 2.75) is 0 Å². The molecule has 0 aliphatic carbocycles. The van der Waals surface area contributed by atoms with Gasteiger partial charge in [0.05, 0.1) is 0 Å². The lowest BCUT2D eigenvalue weighted by molar-refractivity contribution is -0.147. The predicted molar refractivity (Wildman–Crippen MR) is 96.8 cm³/mol. The van der Waals surface area contributed by atoms with Gasteiger partial charge >= 0.3 is 5.97 Å². The second-order valence-electron chi connectivity index (χ2n) is 5.22. The van der Waals surface area contributed by atoms with Crippen LogP contribution < -0.4 is 16.2 Å². The van der Waals surface area contributed by atoms with Crippen molar-refractivity contribution in [2.24, 2.45) is 0 Å². The van der Waals surface area contributed by atoms with Crippen LogP contribution in [0.15, 0.2) is 54.6 Å². The number of rotatable bonds is 6. The number of amides is 3. The summed E-state index contributed by atoms with van der Waals surface area (Å²) in [5.41, 5.74) is 4.99. The standard InChI is InChI=1S/C18H16ClN3O5/c19-14-8-6-13(7-9-14)17(25)20-10-16(24)27-11-15(23)21-22-18(26)12-4-2-1-3-5-12/h1-9H,10-11H2,(H,20,25)(H,21,23)(H,22,26). The Hall–Kier alpha value is -3.39. The monoisotopic (exact) mass is 389 g/mol. The fraction of sp³-hybridized carbons (Fsp3) is 0.111. The highest BCUT2D eigenvalue weighted by Crippen LogP contribution is 2.09. The number of hydrogen-bond donors (Lipinski definition) is 3. The Balaban J connectivity index is 1.66. The number of nitrogens with one attached hydrogen (secondary N) is 3. The van der Waals surface area contributed by atoms with Crippen molar-refractivity contribution in [3.8, 4) is 0 Å². The number of ether oxygens (including phenoxy) is 1. The fourth-order valence-electron chi connectivity index (χ4n) is 1.88. The van der Waals surface area contributed by atoms with E-state index < -0.39 is 36.8 Å². The molecule has 3 N–H and O–H groups in total. The molecule has 140 valence electrons. The third-order valence-electron chi connectivity index (χ3n) is 3.22. The lowest BCUT2D eigenvalue weighted by Gasteiger charge is -2.09. The van der Waals surface area contributed by atoms with Crippen LogP contribution in [-0.4, -0.2) is 36.8 Å². The fourth-order valence-corrected chi connectivity index (χ4v) is 2.00. The summed E-state index contributed by atoms with van der Waals surface area (Å²) in [5.74, 6) is -2.52. The summed E-state index contributed by atoms with van der Waals surface area (Å²) in [6.45, 7) is -1.02. The quantitative estimate of drug-likeness (QED) is 0.505. The summed E-state index contributed by atoms with van der Waals surface area (Å²) in [4.78, 5) is 46.7. The molecule has 0 heterocycles. The van der Waals surface area contributed by atoms with Gasteiger partial charge in [-0.25, -0.2) is 0 Å². The Morgan fingerprint density at radius 1 is 0.815 bits per heavy atom. The molecule has 0 unspecified atom stereocenters. The van der Waals surface area contributed by atoms with Gasteiger partial charge in [0, 0.05) is 16.1 Å². The molecule has 0 aliphatic rings. The third-order valence-corrected chi connectivity index (χ3v) is 3.47. The van der Waals surface area contributed by atoms with Crippen LogP contribution in [0.5, 0.6) is 0 Å². The summed E-state index contributed by atoms with van der Waals surface area (Å²) in [6, 6.07) is 14.4. The van der Waals surface area contributed by atoms with Crippen LogP contribution in [0.4, 0.5) is 0 Å². The molecule has 8 nitrogen and oxygen atoms in total. The Morgan fingerprint density at radius 3 is 2.11 bits per heavy atom. The van der Waals surface area contributed by atoms with Crippen LogP contribution in [0.1, 0.15) is 20.7 Å². The minimum atomic E-state index is -0.804. The first kappa shape index (κ1) is 19.9. The molecular formula is C18H16ClN3O5. The summed E-state index contributed by atoms with van der Waals surface area (Å²) in [5, 5.41) is 2.84. The van der Waals surface area contributed by atoms with Crippen molar-refractivity contribution in [3.05, 3.63) is 70.7 Å². The van der Waals surface area contributed by atoms with Gasteiger partial charge in [0.1, 0.15) is 6.54 Å². The lowest BCUT2D eigenvalue weighted by atomic mass is 10.2. The average molecular weight is 390 g/mol. The zero-order valence-electron chi connectivity index (χ0n) is 14.0. The first-order valence-corrected chi connectivity index (χ1v) is 8.17. The van der Waals surface area contributed by atoms with Gasteiger partial charge in [-0.3, -0.25) is 30.0 Å². The molecule has 0 spiro atoms. The van der Waals surface area contributed by atoms with E-state index in [0.717, 1.165) is 0 Å². The summed E-state index contributed by atoms with van der Waals surface area (Å²) in [7, 11) is 0. The summed E-state index contributed by atoms with van der Waals surface area (Å²) < 4.78 is 4.71. The Labute approximate surface area is 159 Å². The SMILES string of the molecule is O=C(COC(=O)CNC(=O)c1ccc(Cl)cc1)NNC(=O)c1ccccc1.